The van der Waals surface area contributed by atoms with E-state index in [1.54, 1.807) is 12.4 Å². The largest absolute Gasteiger partial charge is 0.330 e. The van der Waals surface area contributed by atoms with Gasteiger partial charge in [0.25, 0.3) is 5.91 Å². The zero-order valence-electron chi connectivity index (χ0n) is 15.3. The highest BCUT2D eigenvalue weighted by Gasteiger charge is 2.29. The summed E-state index contributed by atoms with van der Waals surface area (Å²) in [6.07, 6.45) is 6.43. The molecule has 25 heavy (non-hydrogen) atoms. The number of hydrogen-bond acceptors (Lipinski definition) is 4. The number of carbonyl (C=O) groups excluding carboxylic acids is 1. The number of aromatic nitrogens is 2. The van der Waals surface area contributed by atoms with Crippen molar-refractivity contribution in [1.29, 1.82) is 0 Å². The molecule has 1 aromatic heterocycles. The van der Waals surface area contributed by atoms with Crippen LogP contribution in [0, 0.1) is 6.92 Å². The summed E-state index contributed by atoms with van der Waals surface area (Å²) in [7, 11) is 4.14. The van der Waals surface area contributed by atoms with Gasteiger partial charge in [-0.1, -0.05) is 24.3 Å². The molecule has 1 aromatic carbocycles. The SMILES string of the molecule is Cc1cnc(C(=O)N2CCCC[C@H]2c2ccc(CN(C)C)cc2)cn1. The van der Waals surface area contributed by atoms with E-state index in [-0.39, 0.29) is 11.9 Å². The molecule has 0 unspecified atom stereocenters. The first-order chi connectivity index (χ1) is 12.0. The molecule has 1 aliphatic rings. The lowest BCUT2D eigenvalue weighted by Gasteiger charge is -2.36. The van der Waals surface area contributed by atoms with Gasteiger partial charge in [0, 0.05) is 19.3 Å². The van der Waals surface area contributed by atoms with E-state index in [1.165, 1.54) is 11.1 Å². The van der Waals surface area contributed by atoms with E-state index in [2.05, 4.69) is 53.2 Å². The van der Waals surface area contributed by atoms with Gasteiger partial charge < -0.3 is 9.80 Å². The Bertz CT molecular complexity index is 709. The lowest BCUT2D eigenvalue weighted by atomic mass is 9.94. The molecule has 0 aliphatic carbocycles. The van der Waals surface area contributed by atoms with Crippen molar-refractivity contribution in [2.75, 3.05) is 20.6 Å². The van der Waals surface area contributed by atoms with E-state index in [1.807, 2.05) is 11.8 Å². The van der Waals surface area contributed by atoms with E-state index in [4.69, 9.17) is 0 Å². The first kappa shape index (κ1) is 17.5. The third-order valence-corrected chi connectivity index (χ3v) is 4.63. The van der Waals surface area contributed by atoms with Crippen LogP contribution in [-0.4, -0.2) is 46.3 Å². The van der Waals surface area contributed by atoms with E-state index in [0.29, 0.717) is 5.69 Å². The molecule has 2 heterocycles. The molecular weight excluding hydrogens is 312 g/mol. The Hall–Kier alpha value is -2.27. The van der Waals surface area contributed by atoms with Crippen LogP contribution in [0.1, 0.15) is 52.6 Å². The van der Waals surface area contributed by atoms with Gasteiger partial charge >= 0.3 is 0 Å². The van der Waals surface area contributed by atoms with Gasteiger partial charge in [-0.25, -0.2) is 4.98 Å². The molecule has 1 amide bonds. The summed E-state index contributed by atoms with van der Waals surface area (Å²) in [4.78, 5) is 25.5. The minimum Gasteiger partial charge on any atom is -0.330 e. The zero-order chi connectivity index (χ0) is 17.8. The fourth-order valence-corrected chi connectivity index (χ4v) is 3.38. The molecule has 1 fully saturated rings. The number of hydrogen-bond donors (Lipinski definition) is 0. The monoisotopic (exact) mass is 338 g/mol. The Morgan fingerprint density at radius 2 is 1.92 bits per heavy atom. The Morgan fingerprint density at radius 1 is 1.16 bits per heavy atom. The number of piperidine rings is 1. The lowest BCUT2D eigenvalue weighted by molar-refractivity contribution is 0.0605. The molecule has 1 saturated heterocycles. The molecule has 0 N–H and O–H groups in total. The molecule has 5 heteroatoms. The molecule has 132 valence electrons. The molecule has 5 nitrogen and oxygen atoms in total. The second kappa shape index (κ2) is 7.74. The van der Waals surface area contributed by atoms with Crippen LogP contribution in [-0.2, 0) is 6.54 Å². The fourth-order valence-electron chi connectivity index (χ4n) is 3.38. The van der Waals surface area contributed by atoms with Crippen LogP contribution < -0.4 is 0 Å². The number of rotatable bonds is 4. The Kier molecular flexibility index (Phi) is 5.43. The fraction of sp³-hybridized carbons (Fsp3) is 0.450. The van der Waals surface area contributed by atoms with Crippen molar-refractivity contribution < 1.29 is 4.79 Å². The molecule has 1 atom stereocenters. The highest BCUT2D eigenvalue weighted by Crippen LogP contribution is 2.32. The number of amides is 1. The van der Waals surface area contributed by atoms with Crippen LogP contribution >= 0.6 is 0 Å². The molecule has 1 aliphatic heterocycles. The summed E-state index contributed by atoms with van der Waals surface area (Å²) in [6, 6.07) is 8.78. The predicted molar refractivity (Wildman–Crippen MR) is 98.2 cm³/mol. The quantitative estimate of drug-likeness (QED) is 0.859. The summed E-state index contributed by atoms with van der Waals surface area (Å²) in [5.41, 5.74) is 3.74. The Morgan fingerprint density at radius 3 is 2.56 bits per heavy atom. The van der Waals surface area contributed by atoms with Gasteiger partial charge in [-0.05, 0) is 51.4 Å². The van der Waals surface area contributed by atoms with Crippen molar-refractivity contribution in [1.82, 2.24) is 19.8 Å². The van der Waals surface area contributed by atoms with Gasteiger partial charge in [0.05, 0.1) is 17.9 Å². The number of carbonyl (C=O) groups is 1. The van der Waals surface area contributed by atoms with Gasteiger partial charge in [0.15, 0.2) is 0 Å². The third kappa shape index (κ3) is 4.23. The molecular formula is C20H26N4O. The van der Waals surface area contributed by atoms with Gasteiger partial charge in [-0.3, -0.25) is 9.78 Å². The second-order valence-electron chi connectivity index (χ2n) is 7.03. The summed E-state index contributed by atoms with van der Waals surface area (Å²) in [5, 5.41) is 0. The van der Waals surface area contributed by atoms with Crippen molar-refractivity contribution in [3.63, 3.8) is 0 Å². The molecule has 3 rings (SSSR count). The minimum absolute atomic E-state index is 0.0189. The maximum atomic E-state index is 12.9. The van der Waals surface area contributed by atoms with Crippen LogP contribution in [0.2, 0.25) is 0 Å². The highest BCUT2D eigenvalue weighted by atomic mass is 16.2. The summed E-state index contributed by atoms with van der Waals surface area (Å²) in [5.74, 6) is -0.0189. The maximum Gasteiger partial charge on any atom is 0.274 e. The topological polar surface area (TPSA) is 49.3 Å². The smallest absolute Gasteiger partial charge is 0.274 e. The van der Waals surface area contributed by atoms with Gasteiger partial charge in [-0.2, -0.15) is 0 Å². The number of nitrogens with zero attached hydrogens (tertiary/aromatic N) is 4. The Balaban J connectivity index is 1.80. The van der Waals surface area contributed by atoms with Gasteiger partial charge in [-0.15, -0.1) is 0 Å². The van der Waals surface area contributed by atoms with Crippen LogP contribution in [0.3, 0.4) is 0 Å². The zero-order valence-corrected chi connectivity index (χ0v) is 15.3. The minimum atomic E-state index is -0.0189. The summed E-state index contributed by atoms with van der Waals surface area (Å²) < 4.78 is 0. The molecule has 0 radical (unpaired) electrons. The standard InChI is InChI=1S/C20H26N4O/c1-15-12-22-18(13-21-15)20(25)24-11-5-4-6-19(24)17-9-7-16(8-10-17)14-23(2)3/h7-10,12-13,19H,4-6,11,14H2,1-3H3/t19-/m0/s1. The summed E-state index contributed by atoms with van der Waals surface area (Å²) >= 11 is 0. The van der Waals surface area contributed by atoms with E-state index in [9.17, 15) is 4.79 Å². The van der Waals surface area contributed by atoms with Crippen LogP contribution in [0.4, 0.5) is 0 Å². The van der Waals surface area contributed by atoms with Crippen LogP contribution in [0.15, 0.2) is 36.7 Å². The number of benzene rings is 1. The van der Waals surface area contributed by atoms with E-state index in [0.717, 1.165) is 38.0 Å². The van der Waals surface area contributed by atoms with Crippen molar-refractivity contribution in [2.45, 2.75) is 38.8 Å². The number of aryl methyl sites for hydroxylation is 1. The third-order valence-electron chi connectivity index (χ3n) is 4.63. The van der Waals surface area contributed by atoms with E-state index < -0.39 is 0 Å². The van der Waals surface area contributed by atoms with Gasteiger partial charge in [0.1, 0.15) is 5.69 Å². The average molecular weight is 338 g/mol. The maximum absolute atomic E-state index is 12.9. The van der Waals surface area contributed by atoms with Crippen LogP contribution in [0.25, 0.3) is 0 Å². The predicted octanol–water partition coefficient (Wildman–Crippen LogP) is 3.21. The number of likely N-dealkylation sites (tertiary alicyclic amines) is 1. The van der Waals surface area contributed by atoms with E-state index >= 15 is 0 Å². The van der Waals surface area contributed by atoms with Crippen molar-refractivity contribution in [3.05, 3.63) is 59.2 Å². The Labute approximate surface area is 149 Å². The van der Waals surface area contributed by atoms with Crippen LogP contribution in [0.5, 0.6) is 0 Å². The molecule has 2 aromatic rings. The highest BCUT2D eigenvalue weighted by molar-refractivity contribution is 5.92. The summed E-state index contributed by atoms with van der Waals surface area (Å²) in [6.45, 7) is 3.57. The lowest BCUT2D eigenvalue weighted by Crippen LogP contribution is -2.39. The van der Waals surface area contributed by atoms with Crippen molar-refractivity contribution in [2.24, 2.45) is 0 Å². The van der Waals surface area contributed by atoms with Gasteiger partial charge in [0.2, 0.25) is 0 Å². The molecule has 0 bridgehead atoms. The first-order valence-corrected chi connectivity index (χ1v) is 8.88. The van der Waals surface area contributed by atoms with Crippen molar-refractivity contribution in [3.8, 4) is 0 Å². The first-order valence-electron chi connectivity index (χ1n) is 8.88. The van der Waals surface area contributed by atoms with Crippen molar-refractivity contribution >= 4 is 5.91 Å². The molecule has 0 spiro atoms. The average Bonchev–Trinajstić information content (AvgIpc) is 2.62. The second-order valence-corrected chi connectivity index (χ2v) is 7.03. The molecule has 0 saturated carbocycles. The normalized spacial score (nSPS) is 17.8.